The zero-order chi connectivity index (χ0) is 15.2. The summed E-state index contributed by atoms with van der Waals surface area (Å²) >= 11 is 7.64. The zero-order valence-corrected chi connectivity index (χ0v) is 13.3. The molecular formula is C17H17ClO2S. The molecule has 110 valence electrons. The van der Waals surface area contributed by atoms with Gasteiger partial charge in [-0.3, -0.25) is 4.79 Å². The van der Waals surface area contributed by atoms with Crippen molar-refractivity contribution in [3.63, 3.8) is 0 Å². The van der Waals surface area contributed by atoms with Crippen LogP contribution >= 0.6 is 23.4 Å². The van der Waals surface area contributed by atoms with E-state index in [0.29, 0.717) is 5.02 Å². The Hall–Kier alpha value is -1.45. The molecule has 4 heteroatoms. The molecule has 1 N–H and O–H groups in total. The molecule has 2 aromatic carbocycles. The largest absolute Gasteiger partial charge is 0.480 e. The summed E-state index contributed by atoms with van der Waals surface area (Å²) < 4.78 is 0. The van der Waals surface area contributed by atoms with E-state index in [1.165, 1.54) is 11.8 Å². The van der Waals surface area contributed by atoms with Gasteiger partial charge in [0.1, 0.15) is 5.25 Å². The van der Waals surface area contributed by atoms with Gasteiger partial charge in [-0.25, -0.2) is 0 Å². The van der Waals surface area contributed by atoms with Crippen LogP contribution < -0.4 is 0 Å². The first-order valence-corrected chi connectivity index (χ1v) is 8.25. The molecule has 0 fully saturated rings. The predicted molar refractivity (Wildman–Crippen MR) is 90.0 cm³/mol. The van der Waals surface area contributed by atoms with Gasteiger partial charge in [0.25, 0.3) is 0 Å². The summed E-state index contributed by atoms with van der Waals surface area (Å²) in [5.74, 6) is 0.0439. The molecule has 0 radical (unpaired) electrons. The van der Waals surface area contributed by atoms with Crippen LogP contribution in [0.15, 0.2) is 48.5 Å². The lowest BCUT2D eigenvalue weighted by atomic mass is 10.0. The maximum Gasteiger partial charge on any atom is 0.321 e. The van der Waals surface area contributed by atoms with Gasteiger partial charge in [0.05, 0.1) is 0 Å². The fourth-order valence-corrected chi connectivity index (χ4v) is 3.29. The molecular weight excluding hydrogens is 304 g/mol. The normalized spacial score (nSPS) is 12.1. The van der Waals surface area contributed by atoms with Gasteiger partial charge in [0.15, 0.2) is 0 Å². The SMILES string of the molecule is CCCSC(C(=O)O)c1ccc(-c2ccccc2Cl)cc1. The number of carboxylic acid groups (broad SMARTS) is 1. The Morgan fingerprint density at radius 1 is 1.19 bits per heavy atom. The van der Waals surface area contributed by atoms with Crippen molar-refractivity contribution in [2.24, 2.45) is 0 Å². The van der Waals surface area contributed by atoms with Crippen molar-refractivity contribution in [1.82, 2.24) is 0 Å². The standard InChI is InChI=1S/C17H17ClO2S/c1-2-11-21-16(17(19)20)13-9-7-12(8-10-13)14-5-3-4-6-15(14)18/h3-10,16H,2,11H2,1H3,(H,19,20). The van der Waals surface area contributed by atoms with Crippen molar-refractivity contribution in [2.75, 3.05) is 5.75 Å². The summed E-state index contributed by atoms with van der Waals surface area (Å²) in [6.45, 7) is 2.05. The van der Waals surface area contributed by atoms with E-state index in [1.807, 2.05) is 55.5 Å². The summed E-state index contributed by atoms with van der Waals surface area (Å²) in [5.41, 5.74) is 2.77. The molecule has 1 unspecified atom stereocenters. The Balaban J connectivity index is 2.25. The van der Waals surface area contributed by atoms with Gasteiger partial charge in [-0.1, -0.05) is 61.0 Å². The Kier molecular flexibility index (Phi) is 5.71. The van der Waals surface area contributed by atoms with E-state index in [-0.39, 0.29) is 0 Å². The van der Waals surface area contributed by atoms with Gasteiger partial charge in [-0.15, -0.1) is 11.8 Å². The lowest BCUT2D eigenvalue weighted by molar-refractivity contribution is -0.136. The molecule has 2 rings (SSSR count). The topological polar surface area (TPSA) is 37.3 Å². The molecule has 21 heavy (non-hydrogen) atoms. The Morgan fingerprint density at radius 3 is 2.43 bits per heavy atom. The van der Waals surface area contributed by atoms with Gasteiger partial charge < -0.3 is 5.11 Å². The van der Waals surface area contributed by atoms with Crippen LogP contribution in [-0.4, -0.2) is 16.8 Å². The second kappa shape index (κ2) is 7.53. The average Bonchev–Trinajstić information content (AvgIpc) is 2.49. The number of halogens is 1. The van der Waals surface area contributed by atoms with Crippen LogP contribution in [0.4, 0.5) is 0 Å². The van der Waals surface area contributed by atoms with Crippen molar-refractivity contribution in [2.45, 2.75) is 18.6 Å². The van der Waals surface area contributed by atoms with Crippen LogP contribution in [0.3, 0.4) is 0 Å². The monoisotopic (exact) mass is 320 g/mol. The number of rotatable bonds is 6. The molecule has 2 nitrogen and oxygen atoms in total. The smallest absolute Gasteiger partial charge is 0.321 e. The van der Waals surface area contributed by atoms with Crippen LogP contribution in [0.1, 0.15) is 24.2 Å². The lowest BCUT2D eigenvalue weighted by Crippen LogP contribution is -2.08. The summed E-state index contributed by atoms with van der Waals surface area (Å²) in [4.78, 5) is 11.4. The molecule has 0 spiro atoms. The predicted octanol–water partition coefficient (Wildman–Crippen LogP) is 5.28. The minimum absolute atomic E-state index is 0.509. The first-order valence-electron chi connectivity index (χ1n) is 6.82. The highest BCUT2D eigenvalue weighted by molar-refractivity contribution is 8.00. The number of benzene rings is 2. The van der Waals surface area contributed by atoms with E-state index in [4.69, 9.17) is 11.6 Å². The molecule has 0 aromatic heterocycles. The van der Waals surface area contributed by atoms with Gasteiger partial charge in [0.2, 0.25) is 0 Å². The molecule has 0 heterocycles. The minimum Gasteiger partial charge on any atom is -0.480 e. The van der Waals surface area contributed by atoms with Crippen LogP contribution in [-0.2, 0) is 4.79 Å². The lowest BCUT2D eigenvalue weighted by Gasteiger charge is -2.13. The van der Waals surface area contributed by atoms with Crippen molar-refractivity contribution >= 4 is 29.3 Å². The maximum atomic E-state index is 11.4. The molecule has 1 atom stereocenters. The molecule has 0 amide bonds. The van der Waals surface area contributed by atoms with E-state index in [2.05, 4.69) is 0 Å². The highest BCUT2D eigenvalue weighted by atomic mass is 35.5. The number of carboxylic acids is 1. The van der Waals surface area contributed by atoms with Crippen LogP contribution in [0.25, 0.3) is 11.1 Å². The van der Waals surface area contributed by atoms with Crippen molar-refractivity contribution < 1.29 is 9.90 Å². The Bertz CT molecular complexity index is 610. The maximum absolute atomic E-state index is 11.4. The number of carbonyl (C=O) groups is 1. The van der Waals surface area contributed by atoms with Crippen LogP contribution in [0, 0.1) is 0 Å². The van der Waals surface area contributed by atoms with Gasteiger partial charge in [-0.2, -0.15) is 0 Å². The van der Waals surface area contributed by atoms with Gasteiger partial charge in [-0.05, 0) is 29.4 Å². The second-order valence-corrected chi connectivity index (χ2v) is 6.31. The van der Waals surface area contributed by atoms with Crippen molar-refractivity contribution in [1.29, 1.82) is 0 Å². The van der Waals surface area contributed by atoms with Gasteiger partial charge in [0, 0.05) is 10.6 Å². The molecule has 0 bridgehead atoms. The number of thioether (sulfide) groups is 1. The summed E-state index contributed by atoms with van der Waals surface area (Å²) in [5, 5.41) is 9.53. The number of hydrogen-bond donors (Lipinski definition) is 1. The number of aliphatic carboxylic acids is 1. The molecule has 0 aliphatic rings. The molecule has 0 aliphatic heterocycles. The first kappa shape index (κ1) is 15.9. The third kappa shape index (κ3) is 4.02. The first-order chi connectivity index (χ1) is 10.1. The highest BCUT2D eigenvalue weighted by Gasteiger charge is 2.19. The van der Waals surface area contributed by atoms with Crippen molar-refractivity contribution in [3.8, 4) is 11.1 Å². The van der Waals surface area contributed by atoms with Crippen LogP contribution in [0.5, 0.6) is 0 Å². The fraction of sp³-hybridized carbons (Fsp3) is 0.235. The minimum atomic E-state index is -0.793. The Morgan fingerprint density at radius 2 is 1.86 bits per heavy atom. The number of hydrogen-bond acceptors (Lipinski definition) is 2. The zero-order valence-electron chi connectivity index (χ0n) is 11.8. The highest BCUT2D eigenvalue weighted by Crippen LogP contribution is 2.33. The summed E-state index contributed by atoms with van der Waals surface area (Å²) in [6, 6.07) is 15.2. The van der Waals surface area contributed by atoms with E-state index >= 15 is 0 Å². The molecule has 0 saturated carbocycles. The molecule has 2 aromatic rings. The van der Waals surface area contributed by atoms with E-state index < -0.39 is 11.2 Å². The van der Waals surface area contributed by atoms with Gasteiger partial charge >= 0.3 is 5.97 Å². The molecule has 0 aliphatic carbocycles. The summed E-state index contributed by atoms with van der Waals surface area (Å²) in [7, 11) is 0. The summed E-state index contributed by atoms with van der Waals surface area (Å²) in [6.07, 6.45) is 0.964. The fourth-order valence-electron chi connectivity index (χ4n) is 2.08. The third-order valence-corrected chi connectivity index (χ3v) is 4.89. The average molecular weight is 321 g/mol. The van der Waals surface area contributed by atoms with E-state index in [1.54, 1.807) is 0 Å². The second-order valence-electron chi connectivity index (χ2n) is 4.69. The van der Waals surface area contributed by atoms with E-state index in [9.17, 15) is 9.90 Å². The van der Waals surface area contributed by atoms with Crippen LogP contribution in [0.2, 0.25) is 5.02 Å². The third-order valence-electron chi connectivity index (χ3n) is 3.11. The quantitative estimate of drug-likeness (QED) is 0.787. The Labute approximate surface area is 134 Å². The molecule has 0 saturated heterocycles. The van der Waals surface area contributed by atoms with E-state index in [0.717, 1.165) is 28.9 Å². The van der Waals surface area contributed by atoms with Crippen molar-refractivity contribution in [3.05, 3.63) is 59.1 Å².